The van der Waals surface area contributed by atoms with Gasteiger partial charge in [-0.05, 0) is 48.5 Å². The number of hydrogen-bond donors (Lipinski definition) is 1. The van der Waals surface area contributed by atoms with Crippen LogP contribution in [-0.2, 0) is 23.7 Å². The van der Waals surface area contributed by atoms with E-state index >= 15 is 0 Å². The minimum atomic E-state index is -4.64. The van der Waals surface area contributed by atoms with E-state index in [-0.39, 0.29) is 35.3 Å². The Hall–Kier alpha value is -3.80. The maximum absolute atomic E-state index is 13.4. The van der Waals surface area contributed by atoms with Crippen molar-refractivity contribution >= 4 is 22.5 Å². The van der Waals surface area contributed by atoms with Crippen molar-refractivity contribution in [1.82, 2.24) is 19.9 Å². The van der Waals surface area contributed by atoms with Crippen LogP contribution in [0.4, 0.5) is 37.8 Å². The van der Waals surface area contributed by atoms with E-state index in [1.54, 1.807) is 0 Å². The van der Waals surface area contributed by atoms with Gasteiger partial charge in [-0.3, -0.25) is 4.98 Å². The summed E-state index contributed by atoms with van der Waals surface area (Å²) in [5.74, 6) is 0.374. The second kappa shape index (κ2) is 8.86. The Labute approximate surface area is 188 Å². The summed E-state index contributed by atoms with van der Waals surface area (Å²) in [7, 11) is 1.41. The van der Waals surface area contributed by atoms with Gasteiger partial charge in [-0.25, -0.2) is 15.0 Å². The molecule has 176 valence electrons. The monoisotopic (exact) mass is 479 g/mol. The summed E-state index contributed by atoms with van der Waals surface area (Å²) in [6.07, 6.45) is -7.89. The van der Waals surface area contributed by atoms with Crippen LogP contribution in [0.5, 0.6) is 0 Å². The van der Waals surface area contributed by atoms with Gasteiger partial charge in [-0.1, -0.05) is 0 Å². The number of pyridine rings is 2. The van der Waals surface area contributed by atoms with E-state index in [1.165, 1.54) is 43.6 Å². The molecule has 12 heteroatoms. The van der Waals surface area contributed by atoms with Crippen LogP contribution in [-0.4, -0.2) is 27.0 Å². The van der Waals surface area contributed by atoms with Gasteiger partial charge >= 0.3 is 12.4 Å². The van der Waals surface area contributed by atoms with Crippen molar-refractivity contribution in [2.45, 2.75) is 19.0 Å². The maximum Gasteiger partial charge on any atom is 0.418 e. The van der Waals surface area contributed by atoms with E-state index in [2.05, 4.69) is 25.3 Å². The second-order valence-corrected chi connectivity index (χ2v) is 7.09. The zero-order valence-electron chi connectivity index (χ0n) is 17.4. The van der Waals surface area contributed by atoms with Crippen LogP contribution in [0.15, 0.2) is 54.7 Å². The molecule has 0 aliphatic rings. The van der Waals surface area contributed by atoms with E-state index in [4.69, 9.17) is 4.74 Å². The molecule has 0 unspecified atom stereocenters. The number of aromatic nitrogens is 4. The predicted molar refractivity (Wildman–Crippen MR) is 111 cm³/mol. The van der Waals surface area contributed by atoms with Gasteiger partial charge < -0.3 is 10.1 Å². The first-order valence-electron chi connectivity index (χ1n) is 9.70. The van der Waals surface area contributed by atoms with Crippen LogP contribution >= 0.6 is 0 Å². The standard InChI is InChI=1S/C22H15F6N5O/c1-34-11-17-32-19(30-13-6-4-12(5-7-13)21(23,24)25)14-8-9-16(31-20(14)33-17)18-15(22(26,27)28)3-2-10-29-18/h2-10H,11H2,1H3,(H,30,31,32,33). The van der Waals surface area contributed by atoms with Gasteiger partial charge in [0.25, 0.3) is 0 Å². The van der Waals surface area contributed by atoms with E-state index in [0.717, 1.165) is 18.2 Å². The number of anilines is 2. The van der Waals surface area contributed by atoms with Crippen molar-refractivity contribution in [3.05, 3.63) is 71.7 Å². The minimum absolute atomic E-state index is 0.0269. The van der Waals surface area contributed by atoms with Gasteiger partial charge in [0.2, 0.25) is 0 Å². The zero-order valence-corrected chi connectivity index (χ0v) is 17.4. The minimum Gasteiger partial charge on any atom is -0.377 e. The highest BCUT2D eigenvalue weighted by Crippen LogP contribution is 2.36. The molecule has 4 aromatic rings. The molecule has 3 aromatic heterocycles. The summed E-state index contributed by atoms with van der Waals surface area (Å²) >= 11 is 0. The molecule has 1 aromatic carbocycles. The van der Waals surface area contributed by atoms with E-state index in [0.29, 0.717) is 11.1 Å². The first kappa shape index (κ1) is 23.4. The number of ether oxygens (including phenoxy) is 1. The average Bonchev–Trinajstić information content (AvgIpc) is 2.78. The molecule has 3 heterocycles. The molecule has 0 saturated heterocycles. The smallest absolute Gasteiger partial charge is 0.377 e. The van der Waals surface area contributed by atoms with Crippen LogP contribution in [0.1, 0.15) is 17.0 Å². The molecule has 0 fully saturated rings. The number of nitrogens with one attached hydrogen (secondary N) is 1. The van der Waals surface area contributed by atoms with Crippen LogP contribution in [0.2, 0.25) is 0 Å². The molecule has 0 saturated carbocycles. The van der Waals surface area contributed by atoms with Crippen molar-refractivity contribution < 1.29 is 31.1 Å². The SMILES string of the molecule is COCc1nc(Nc2ccc(C(F)(F)F)cc2)c2ccc(-c3ncccc3C(F)(F)F)nc2n1. The van der Waals surface area contributed by atoms with Gasteiger partial charge in [0.1, 0.15) is 18.1 Å². The molecule has 0 aliphatic heterocycles. The molecule has 34 heavy (non-hydrogen) atoms. The number of nitrogens with zero attached hydrogens (tertiary/aromatic N) is 4. The molecule has 0 bridgehead atoms. The highest BCUT2D eigenvalue weighted by atomic mass is 19.4. The number of methoxy groups -OCH3 is 1. The Morgan fingerprint density at radius 2 is 1.59 bits per heavy atom. The molecule has 1 N–H and O–H groups in total. The lowest BCUT2D eigenvalue weighted by Gasteiger charge is -2.14. The fraction of sp³-hybridized carbons (Fsp3) is 0.182. The second-order valence-electron chi connectivity index (χ2n) is 7.09. The summed E-state index contributed by atoms with van der Waals surface area (Å²) in [6.45, 7) is -0.0269. The number of halogens is 6. The third kappa shape index (κ3) is 4.91. The lowest BCUT2D eigenvalue weighted by molar-refractivity contribution is -0.138. The molecular weight excluding hydrogens is 464 g/mol. The van der Waals surface area contributed by atoms with Crippen molar-refractivity contribution in [2.75, 3.05) is 12.4 Å². The molecule has 0 radical (unpaired) electrons. The van der Waals surface area contributed by atoms with Gasteiger partial charge in [0.05, 0.1) is 22.2 Å². The Kier molecular flexibility index (Phi) is 6.09. The Bertz CT molecular complexity index is 1320. The van der Waals surface area contributed by atoms with Gasteiger partial charge in [0, 0.05) is 19.0 Å². The van der Waals surface area contributed by atoms with Gasteiger partial charge in [0.15, 0.2) is 11.5 Å². The molecule has 0 spiro atoms. The first-order valence-corrected chi connectivity index (χ1v) is 9.70. The highest BCUT2D eigenvalue weighted by molar-refractivity contribution is 5.90. The highest BCUT2D eigenvalue weighted by Gasteiger charge is 2.34. The fourth-order valence-corrected chi connectivity index (χ4v) is 3.19. The van der Waals surface area contributed by atoms with Crippen LogP contribution in [0.3, 0.4) is 0 Å². The van der Waals surface area contributed by atoms with Crippen molar-refractivity contribution in [2.24, 2.45) is 0 Å². The molecule has 6 nitrogen and oxygen atoms in total. The maximum atomic E-state index is 13.4. The predicted octanol–water partition coefficient (Wildman–Crippen LogP) is 6.01. The topological polar surface area (TPSA) is 72.8 Å². The lowest BCUT2D eigenvalue weighted by atomic mass is 10.1. The number of hydrogen-bond acceptors (Lipinski definition) is 6. The largest absolute Gasteiger partial charge is 0.418 e. The van der Waals surface area contributed by atoms with Crippen molar-refractivity contribution in [3.63, 3.8) is 0 Å². The van der Waals surface area contributed by atoms with Crippen LogP contribution in [0, 0.1) is 0 Å². The first-order chi connectivity index (χ1) is 16.1. The molecule has 0 atom stereocenters. The third-order valence-corrected chi connectivity index (χ3v) is 4.71. The third-order valence-electron chi connectivity index (χ3n) is 4.71. The van der Waals surface area contributed by atoms with Gasteiger partial charge in [-0.2, -0.15) is 26.3 Å². The Balaban J connectivity index is 1.79. The number of alkyl halides is 6. The molecule has 0 amide bonds. The summed E-state index contributed by atoms with van der Waals surface area (Å²) < 4.78 is 83.8. The zero-order chi connectivity index (χ0) is 24.5. The summed E-state index contributed by atoms with van der Waals surface area (Å²) in [5.41, 5.74) is -1.80. The fourth-order valence-electron chi connectivity index (χ4n) is 3.19. The van der Waals surface area contributed by atoms with Crippen LogP contribution in [0.25, 0.3) is 22.4 Å². The van der Waals surface area contributed by atoms with Crippen LogP contribution < -0.4 is 5.32 Å². The number of benzene rings is 1. The van der Waals surface area contributed by atoms with Crippen molar-refractivity contribution in [3.8, 4) is 11.4 Å². The van der Waals surface area contributed by atoms with E-state index in [1.807, 2.05) is 0 Å². The number of rotatable bonds is 5. The summed E-state index contributed by atoms with van der Waals surface area (Å²) in [6, 6.07) is 9.19. The Morgan fingerprint density at radius 3 is 2.24 bits per heavy atom. The Morgan fingerprint density at radius 1 is 0.853 bits per heavy atom. The molecular formula is C22H15F6N5O. The quantitative estimate of drug-likeness (QED) is 0.353. The van der Waals surface area contributed by atoms with Gasteiger partial charge in [-0.15, -0.1) is 0 Å². The normalized spacial score (nSPS) is 12.2. The van der Waals surface area contributed by atoms with Crippen molar-refractivity contribution in [1.29, 1.82) is 0 Å². The molecule has 0 aliphatic carbocycles. The lowest BCUT2D eigenvalue weighted by Crippen LogP contribution is -2.09. The molecule has 4 rings (SSSR count). The summed E-state index contributed by atoms with van der Waals surface area (Å²) in [5, 5.41) is 3.25. The average molecular weight is 479 g/mol. The summed E-state index contributed by atoms with van der Waals surface area (Å²) in [4.78, 5) is 16.7. The van der Waals surface area contributed by atoms with E-state index < -0.39 is 23.5 Å². The van der Waals surface area contributed by atoms with E-state index in [9.17, 15) is 26.3 Å². The number of fused-ring (bicyclic) bond motifs is 1.